The SMILES string of the molecule is COc1cccc(OC)c1[P+](OC(=O)Cc1ccc2oc3ccccc3c(=O)c2c1)(c1c(OC)cccc1OC)c1c(OC)cccc1OC. The Labute approximate surface area is 289 Å². The molecule has 6 rings (SSSR count). The Morgan fingerprint density at radius 3 is 1.40 bits per heavy atom. The van der Waals surface area contributed by atoms with E-state index in [1.165, 1.54) is 42.7 Å². The Kier molecular flexibility index (Phi) is 9.83. The average Bonchev–Trinajstić information content (AvgIpc) is 3.16. The number of methoxy groups -OCH3 is 6. The second-order valence-corrected chi connectivity index (χ2v) is 13.8. The minimum Gasteiger partial charge on any atom is -0.492 e. The highest BCUT2D eigenvalue weighted by molar-refractivity contribution is 7.93. The van der Waals surface area contributed by atoms with E-state index in [2.05, 4.69) is 0 Å². The van der Waals surface area contributed by atoms with E-state index in [0.717, 1.165) is 0 Å². The Balaban J connectivity index is 1.66. The molecule has 11 heteroatoms. The smallest absolute Gasteiger partial charge is 0.356 e. The summed E-state index contributed by atoms with van der Waals surface area (Å²) in [5.74, 6) is 1.63. The van der Waals surface area contributed by atoms with E-state index in [-0.39, 0.29) is 11.8 Å². The first kappa shape index (κ1) is 34.1. The summed E-state index contributed by atoms with van der Waals surface area (Å²) in [5.41, 5.74) is 1.22. The summed E-state index contributed by atoms with van der Waals surface area (Å²) < 4.78 is 48.8. The summed E-state index contributed by atoms with van der Waals surface area (Å²) in [6.45, 7) is 0. The summed E-state index contributed by atoms with van der Waals surface area (Å²) in [6.07, 6.45) is -0.212. The predicted molar refractivity (Wildman–Crippen MR) is 194 cm³/mol. The molecule has 0 spiro atoms. The van der Waals surface area contributed by atoms with Crippen LogP contribution in [0.5, 0.6) is 34.5 Å². The first-order valence-corrected chi connectivity index (χ1v) is 17.3. The number of carbonyl (C=O) groups excluding carboxylic acids is 1. The van der Waals surface area contributed by atoms with Gasteiger partial charge in [0.05, 0.1) is 59.9 Å². The maximum atomic E-state index is 14.6. The van der Waals surface area contributed by atoms with Gasteiger partial charge in [-0.1, -0.05) is 36.4 Å². The molecule has 10 nitrogen and oxygen atoms in total. The van der Waals surface area contributed by atoms with Crippen LogP contribution in [-0.2, 0) is 15.7 Å². The molecule has 6 aromatic rings. The molecule has 0 atom stereocenters. The average molecular weight is 696 g/mol. The number of fused-ring (bicyclic) bond motifs is 2. The molecule has 5 aromatic carbocycles. The van der Waals surface area contributed by atoms with Crippen molar-refractivity contribution in [1.29, 1.82) is 0 Å². The zero-order valence-electron chi connectivity index (χ0n) is 28.5. The van der Waals surface area contributed by atoms with Crippen LogP contribution in [0.1, 0.15) is 5.56 Å². The third-order valence-corrected chi connectivity index (χ3v) is 12.1. The fourth-order valence-electron chi connectivity index (χ4n) is 6.21. The van der Waals surface area contributed by atoms with E-state index in [0.29, 0.717) is 77.9 Å². The van der Waals surface area contributed by atoms with Gasteiger partial charge >= 0.3 is 13.5 Å². The highest BCUT2D eigenvalue weighted by atomic mass is 31.2. The molecule has 256 valence electrons. The van der Waals surface area contributed by atoms with Crippen LogP contribution in [0.25, 0.3) is 21.9 Å². The van der Waals surface area contributed by atoms with Crippen LogP contribution in [0.2, 0.25) is 0 Å². The van der Waals surface area contributed by atoms with Crippen LogP contribution >= 0.6 is 7.49 Å². The van der Waals surface area contributed by atoms with Gasteiger partial charge in [-0.25, -0.2) is 4.79 Å². The molecule has 0 radical (unpaired) electrons. The second-order valence-electron chi connectivity index (χ2n) is 11.0. The molecule has 50 heavy (non-hydrogen) atoms. The fourth-order valence-corrected chi connectivity index (χ4v) is 10.4. The van der Waals surface area contributed by atoms with Crippen molar-refractivity contribution in [2.24, 2.45) is 0 Å². The zero-order valence-corrected chi connectivity index (χ0v) is 29.4. The third-order valence-electron chi connectivity index (χ3n) is 8.38. The molecule has 0 fully saturated rings. The van der Waals surface area contributed by atoms with E-state index < -0.39 is 13.5 Å². The van der Waals surface area contributed by atoms with E-state index in [1.54, 1.807) is 97.1 Å². The van der Waals surface area contributed by atoms with E-state index in [1.807, 2.05) is 0 Å². The number of hydrogen-bond acceptors (Lipinski definition) is 10. The van der Waals surface area contributed by atoms with Crippen molar-refractivity contribution in [3.05, 3.63) is 113 Å². The lowest BCUT2D eigenvalue weighted by molar-refractivity contribution is -0.132. The summed E-state index contributed by atoms with van der Waals surface area (Å²) in [7, 11) is 5.31. The van der Waals surface area contributed by atoms with Crippen LogP contribution in [0.4, 0.5) is 0 Å². The van der Waals surface area contributed by atoms with Crippen molar-refractivity contribution in [3.8, 4) is 34.5 Å². The molecule has 0 aliphatic rings. The van der Waals surface area contributed by atoms with Crippen molar-refractivity contribution in [1.82, 2.24) is 0 Å². The molecule has 0 unspecified atom stereocenters. The van der Waals surface area contributed by atoms with Gasteiger partial charge in [-0.15, -0.1) is 0 Å². The fraction of sp³-hybridized carbons (Fsp3) is 0.179. The van der Waals surface area contributed by atoms with Crippen LogP contribution in [0, 0.1) is 0 Å². The van der Waals surface area contributed by atoms with Crippen molar-refractivity contribution < 1.29 is 42.2 Å². The number of hydrogen-bond donors (Lipinski definition) is 0. The molecule has 1 aromatic heterocycles. The van der Waals surface area contributed by atoms with Crippen molar-refractivity contribution in [2.75, 3.05) is 42.7 Å². The Morgan fingerprint density at radius 2 is 0.960 bits per heavy atom. The summed E-state index contributed by atoms with van der Waals surface area (Å²) in [4.78, 5) is 28.1. The van der Waals surface area contributed by atoms with Crippen molar-refractivity contribution >= 4 is 51.3 Å². The molecule has 0 aliphatic carbocycles. The number of benzene rings is 5. The molecule has 0 saturated carbocycles. The lowest BCUT2D eigenvalue weighted by atomic mass is 10.1. The highest BCUT2D eigenvalue weighted by Gasteiger charge is 2.62. The molecule has 1 heterocycles. The van der Waals surface area contributed by atoms with Gasteiger partial charge in [-0.3, -0.25) is 9.32 Å². The largest absolute Gasteiger partial charge is 0.492 e. The standard InChI is InChI=1S/C39H36O10P/c1-42-29-14-9-15-30(43-2)37(29)50(38-31(44-3)16-10-17-32(38)45-4,39-33(46-5)18-11-19-34(39)47-6)49-35(40)23-24-20-21-28-26(22-24)36(41)25-12-7-8-13-27(25)48-28/h7-22H,23H2,1-6H3/q+1. The first-order chi connectivity index (χ1) is 24.3. The number of ether oxygens (including phenoxy) is 6. The summed E-state index contributed by atoms with van der Waals surface area (Å²) in [6, 6.07) is 28.0. The first-order valence-electron chi connectivity index (χ1n) is 15.6. The van der Waals surface area contributed by atoms with Gasteiger partial charge in [0, 0.05) is 0 Å². The Morgan fingerprint density at radius 1 is 0.540 bits per heavy atom. The van der Waals surface area contributed by atoms with Crippen LogP contribution in [0.15, 0.2) is 106 Å². The molecular weight excluding hydrogens is 659 g/mol. The second kappa shape index (κ2) is 14.4. The number of carbonyl (C=O) groups is 1. The quantitative estimate of drug-likeness (QED) is 0.112. The third kappa shape index (κ3) is 5.81. The normalized spacial score (nSPS) is 11.2. The van der Waals surface area contributed by atoms with Gasteiger partial charge in [0.2, 0.25) is 21.3 Å². The van der Waals surface area contributed by atoms with E-state index in [4.69, 9.17) is 37.4 Å². The minimum absolute atomic E-state index is 0.199. The molecule has 0 amide bonds. The van der Waals surface area contributed by atoms with Crippen molar-refractivity contribution in [3.63, 3.8) is 0 Å². The number of para-hydroxylation sites is 1. The van der Waals surface area contributed by atoms with Gasteiger partial charge in [0.15, 0.2) is 34.5 Å². The van der Waals surface area contributed by atoms with E-state index >= 15 is 0 Å². The minimum atomic E-state index is -3.84. The maximum absolute atomic E-state index is 14.6. The number of rotatable bonds is 12. The topological polar surface area (TPSA) is 112 Å². The molecular formula is C39H36O10P+. The van der Waals surface area contributed by atoms with Gasteiger partial charge < -0.3 is 32.8 Å². The lowest BCUT2D eigenvalue weighted by Gasteiger charge is -2.30. The van der Waals surface area contributed by atoms with E-state index in [9.17, 15) is 9.59 Å². The zero-order chi connectivity index (χ0) is 35.4. The van der Waals surface area contributed by atoms with Gasteiger partial charge in [0.25, 0.3) is 0 Å². The maximum Gasteiger partial charge on any atom is 0.356 e. The Hall–Kier alpha value is -5.73. The van der Waals surface area contributed by atoms with Crippen LogP contribution in [0.3, 0.4) is 0 Å². The van der Waals surface area contributed by atoms with Gasteiger partial charge in [-0.2, -0.15) is 0 Å². The van der Waals surface area contributed by atoms with Gasteiger partial charge in [-0.05, 0) is 66.2 Å². The summed E-state index contributed by atoms with van der Waals surface area (Å²) >= 11 is 0. The van der Waals surface area contributed by atoms with Crippen LogP contribution < -0.4 is 49.8 Å². The highest BCUT2D eigenvalue weighted by Crippen LogP contribution is 2.66. The molecule has 0 bridgehead atoms. The van der Waals surface area contributed by atoms with Crippen molar-refractivity contribution in [2.45, 2.75) is 6.42 Å². The molecule has 0 N–H and O–H groups in total. The molecule has 0 saturated heterocycles. The Bertz CT molecular complexity index is 2060. The predicted octanol–water partition coefficient (Wildman–Crippen LogP) is 5.99. The monoisotopic (exact) mass is 695 g/mol. The summed E-state index contributed by atoms with van der Waals surface area (Å²) in [5, 5.41) is 2.07. The lowest BCUT2D eigenvalue weighted by Crippen LogP contribution is -2.38. The molecule has 0 aliphatic heterocycles. The van der Waals surface area contributed by atoms with Gasteiger partial charge in [0.1, 0.15) is 11.2 Å². The van der Waals surface area contributed by atoms with Crippen LogP contribution in [-0.4, -0.2) is 48.6 Å².